The van der Waals surface area contributed by atoms with Gasteiger partial charge in [-0.15, -0.1) is 11.3 Å². The Morgan fingerprint density at radius 3 is 2.45 bits per heavy atom. The van der Waals surface area contributed by atoms with Gasteiger partial charge in [0, 0.05) is 19.0 Å². The summed E-state index contributed by atoms with van der Waals surface area (Å²) in [6.07, 6.45) is 2.88. The minimum Gasteiger partial charge on any atom is -0.494 e. The van der Waals surface area contributed by atoms with E-state index in [0.29, 0.717) is 18.3 Å². The number of hydrogen-bond donors (Lipinski definition) is 0. The Labute approximate surface area is 175 Å². The number of nitrogens with zero attached hydrogens (tertiary/aromatic N) is 2. The number of likely N-dealkylation sites (tertiary alicyclic amines) is 1. The van der Waals surface area contributed by atoms with Crippen molar-refractivity contribution in [3.05, 3.63) is 53.5 Å². The lowest BCUT2D eigenvalue weighted by Gasteiger charge is -2.31. The zero-order chi connectivity index (χ0) is 20.1. The van der Waals surface area contributed by atoms with Crippen LogP contribution in [0.3, 0.4) is 0 Å². The van der Waals surface area contributed by atoms with Crippen molar-refractivity contribution in [1.82, 2.24) is 9.88 Å². The maximum absolute atomic E-state index is 12.5. The van der Waals surface area contributed by atoms with E-state index in [0.717, 1.165) is 43.6 Å². The van der Waals surface area contributed by atoms with Gasteiger partial charge < -0.3 is 14.4 Å². The molecule has 0 saturated carbocycles. The third-order valence-electron chi connectivity index (χ3n) is 5.17. The van der Waals surface area contributed by atoms with Crippen molar-refractivity contribution in [2.24, 2.45) is 0 Å². The van der Waals surface area contributed by atoms with Crippen LogP contribution >= 0.6 is 11.3 Å². The first-order chi connectivity index (χ1) is 14.2. The summed E-state index contributed by atoms with van der Waals surface area (Å²) in [5.74, 6) is 1.99. The average Bonchev–Trinajstić information content (AvgIpc) is 3.21. The van der Waals surface area contributed by atoms with Crippen LogP contribution in [0.15, 0.2) is 48.5 Å². The summed E-state index contributed by atoms with van der Waals surface area (Å²) in [5, 5.41) is 1.19. The van der Waals surface area contributed by atoms with Crippen molar-refractivity contribution in [2.45, 2.75) is 32.1 Å². The van der Waals surface area contributed by atoms with E-state index in [1.807, 2.05) is 35.2 Å². The monoisotopic (exact) mass is 410 g/mol. The quantitative estimate of drug-likeness (QED) is 0.558. The normalized spacial score (nSPS) is 14.9. The molecule has 0 bridgehead atoms. The van der Waals surface area contributed by atoms with Crippen molar-refractivity contribution in [3.63, 3.8) is 0 Å². The standard InChI is InChI=1S/C23H26N2O3S/c1-2-15-27-18-7-9-19(10-8-18)28-16-22(26)25-13-11-17(12-14-25)23-24-20-5-3-4-6-21(20)29-23/h3-10,17H,2,11-16H2,1H3. The van der Waals surface area contributed by atoms with Gasteiger partial charge in [0.15, 0.2) is 6.61 Å². The van der Waals surface area contributed by atoms with Gasteiger partial charge in [0.2, 0.25) is 0 Å². The van der Waals surface area contributed by atoms with Crippen molar-refractivity contribution < 1.29 is 14.3 Å². The molecular formula is C23H26N2O3S. The minimum absolute atomic E-state index is 0.0408. The highest BCUT2D eigenvalue weighted by Gasteiger charge is 2.26. The summed E-state index contributed by atoms with van der Waals surface area (Å²) in [6, 6.07) is 15.7. The SMILES string of the molecule is CCCOc1ccc(OCC(=O)N2CCC(c3nc4ccccc4s3)CC2)cc1. The Morgan fingerprint density at radius 2 is 1.76 bits per heavy atom. The highest BCUT2D eigenvalue weighted by Crippen LogP contribution is 2.33. The van der Waals surface area contributed by atoms with Crippen LogP contribution in [0.4, 0.5) is 0 Å². The molecular weight excluding hydrogens is 384 g/mol. The van der Waals surface area contributed by atoms with Gasteiger partial charge in [-0.25, -0.2) is 4.98 Å². The van der Waals surface area contributed by atoms with Gasteiger partial charge in [0.1, 0.15) is 11.5 Å². The van der Waals surface area contributed by atoms with Crippen LogP contribution in [0.1, 0.15) is 37.1 Å². The zero-order valence-electron chi connectivity index (χ0n) is 16.7. The van der Waals surface area contributed by atoms with E-state index >= 15 is 0 Å². The zero-order valence-corrected chi connectivity index (χ0v) is 17.5. The molecule has 0 aliphatic carbocycles. The summed E-state index contributed by atoms with van der Waals surface area (Å²) in [7, 11) is 0. The number of piperidine rings is 1. The Balaban J connectivity index is 1.25. The molecule has 0 N–H and O–H groups in total. The van der Waals surface area contributed by atoms with Crippen molar-refractivity contribution in [2.75, 3.05) is 26.3 Å². The number of para-hydroxylation sites is 1. The summed E-state index contributed by atoms with van der Waals surface area (Å²) in [5.41, 5.74) is 1.07. The van der Waals surface area contributed by atoms with Crippen LogP contribution < -0.4 is 9.47 Å². The summed E-state index contributed by atoms with van der Waals surface area (Å²) < 4.78 is 12.5. The molecule has 1 aliphatic rings. The van der Waals surface area contributed by atoms with Crippen molar-refractivity contribution in [1.29, 1.82) is 0 Å². The number of hydrogen-bond acceptors (Lipinski definition) is 5. The second-order valence-electron chi connectivity index (χ2n) is 7.28. The summed E-state index contributed by atoms with van der Waals surface area (Å²) in [6.45, 7) is 4.36. The lowest BCUT2D eigenvalue weighted by molar-refractivity contribution is -0.134. The smallest absolute Gasteiger partial charge is 0.260 e. The van der Waals surface area contributed by atoms with Crippen LogP contribution in [-0.2, 0) is 4.79 Å². The first kappa shape index (κ1) is 19.7. The Morgan fingerprint density at radius 1 is 1.07 bits per heavy atom. The van der Waals surface area contributed by atoms with E-state index in [4.69, 9.17) is 14.5 Å². The fraction of sp³-hybridized carbons (Fsp3) is 0.391. The van der Waals surface area contributed by atoms with Crippen LogP contribution in [0.25, 0.3) is 10.2 Å². The molecule has 5 nitrogen and oxygen atoms in total. The van der Waals surface area contributed by atoms with Crippen LogP contribution in [0.5, 0.6) is 11.5 Å². The number of amides is 1. The Hall–Kier alpha value is -2.60. The number of carbonyl (C=O) groups is 1. The molecule has 3 aromatic rings. The topological polar surface area (TPSA) is 51.7 Å². The van der Waals surface area contributed by atoms with Crippen LogP contribution in [-0.4, -0.2) is 42.1 Å². The number of thiazole rings is 1. The fourth-order valence-electron chi connectivity index (χ4n) is 3.53. The molecule has 2 aromatic carbocycles. The predicted octanol–water partition coefficient (Wildman–Crippen LogP) is 4.87. The maximum Gasteiger partial charge on any atom is 0.260 e. The van der Waals surface area contributed by atoms with Gasteiger partial charge in [0.25, 0.3) is 5.91 Å². The number of rotatable bonds is 7. The van der Waals surface area contributed by atoms with E-state index in [9.17, 15) is 4.79 Å². The first-order valence-electron chi connectivity index (χ1n) is 10.2. The van der Waals surface area contributed by atoms with Gasteiger partial charge in [-0.2, -0.15) is 0 Å². The second kappa shape index (κ2) is 9.27. The highest BCUT2D eigenvalue weighted by molar-refractivity contribution is 7.18. The number of ether oxygens (including phenoxy) is 2. The molecule has 1 aliphatic heterocycles. The first-order valence-corrected chi connectivity index (χ1v) is 11.0. The van der Waals surface area contributed by atoms with Crippen LogP contribution in [0, 0.1) is 0 Å². The van der Waals surface area contributed by atoms with Crippen LogP contribution in [0.2, 0.25) is 0 Å². The molecule has 2 heterocycles. The predicted molar refractivity (Wildman–Crippen MR) is 116 cm³/mol. The van der Waals surface area contributed by atoms with Gasteiger partial charge in [-0.05, 0) is 55.7 Å². The van der Waals surface area contributed by atoms with Gasteiger partial charge in [-0.3, -0.25) is 4.79 Å². The molecule has 1 saturated heterocycles. The minimum atomic E-state index is 0.0408. The average molecular weight is 411 g/mol. The lowest BCUT2D eigenvalue weighted by Crippen LogP contribution is -2.40. The molecule has 29 heavy (non-hydrogen) atoms. The molecule has 0 spiro atoms. The second-order valence-corrected chi connectivity index (χ2v) is 8.35. The number of carbonyl (C=O) groups excluding carboxylic acids is 1. The Kier molecular flexibility index (Phi) is 6.30. The largest absolute Gasteiger partial charge is 0.494 e. The maximum atomic E-state index is 12.5. The van der Waals surface area contributed by atoms with E-state index in [1.165, 1.54) is 9.71 Å². The molecule has 0 unspecified atom stereocenters. The highest BCUT2D eigenvalue weighted by atomic mass is 32.1. The third-order valence-corrected chi connectivity index (χ3v) is 6.37. The van der Waals surface area contributed by atoms with Gasteiger partial charge >= 0.3 is 0 Å². The van der Waals surface area contributed by atoms with E-state index in [-0.39, 0.29) is 12.5 Å². The molecule has 0 atom stereocenters. The summed E-state index contributed by atoms with van der Waals surface area (Å²) in [4.78, 5) is 19.2. The Bertz CT molecular complexity index is 913. The number of fused-ring (bicyclic) bond motifs is 1. The molecule has 152 valence electrons. The van der Waals surface area contributed by atoms with Crippen molar-refractivity contribution in [3.8, 4) is 11.5 Å². The molecule has 4 rings (SSSR count). The number of aromatic nitrogens is 1. The third kappa shape index (κ3) is 4.88. The molecule has 1 amide bonds. The van der Waals surface area contributed by atoms with E-state index in [2.05, 4.69) is 25.1 Å². The van der Waals surface area contributed by atoms with E-state index in [1.54, 1.807) is 11.3 Å². The number of benzene rings is 2. The molecule has 0 radical (unpaired) electrons. The summed E-state index contributed by atoms with van der Waals surface area (Å²) >= 11 is 1.78. The molecule has 6 heteroatoms. The van der Waals surface area contributed by atoms with Gasteiger partial charge in [-0.1, -0.05) is 19.1 Å². The van der Waals surface area contributed by atoms with Crippen molar-refractivity contribution >= 4 is 27.5 Å². The lowest BCUT2D eigenvalue weighted by atomic mass is 9.97. The fourth-order valence-corrected chi connectivity index (χ4v) is 4.67. The molecule has 1 fully saturated rings. The molecule has 1 aromatic heterocycles. The van der Waals surface area contributed by atoms with E-state index < -0.39 is 0 Å². The van der Waals surface area contributed by atoms with Gasteiger partial charge in [0.05, 0.1) is 21.8 Å².